The van der Waals surface area contributed by atoms with Crippen molar-refractivity contribution >= 4 is 23.2 Å². The smallest absolute Gasteiger partial charge is 0.278 e. The summed E-state index contributed by atoms with van der Waals surface area (Å²) in [7, 11) is 7.30. The molecule has 1 aliphatic heterocycles. The molecule has 1 spiro atoms. The van der Waals surface area contributed by atoms with Crippen LogP contribution in [-0.4, -0.2) is 88.5 Å². The van der Waals surface area contributed by atoms with Crippen molar-refractivity contribution < 1.29 is 23.5 Å². The maximum Gasteiger partial charge on any atom is 0.278 e. The average molecular weight is 602 g/mol. The number of aromatic hydroxyl groups is 1. The molecule has 0 saturated heterocycles. The van der Waals surface area contributed by atoms with Gasteiger partial charge in [-0.1, -0.05) is 17.4 Å². The molecule has 224 valence electrons. The van der Waals surface area contributed by atoms with Gasteiger partial charge in [0.15, 0.2) is 16.5 Å². The molecule has 2 amide bonds. The molecule has 3 heterocycles. The van der Waals surface area contributed by atoms with Crippen LogP contribution in [0.5, 0.6) is 5.75 Å². The Morgan fingerprint density at radius 2 is 1.90 bits per heavy atom. The highest BCUT2D eigenvalue weighted by Gasteiger charge is 2.50. The van der Waals surface area contributed by atoms with Gasteiger partial charge >= 0.3 is 0 Å². The summed E-state index contributed by atoms with van der Waals surface area (Å²) in [5.41, 5.74) is -1.47. The maximum absolute atomic E-state index is 14.2. The zero-order chi connectivity index (χ0) is 30.3. The number of nitrogens with one attached hydrogen (secondary N) is 1. The number of halogens is 2. The van der Waals surface area contributed by atoms with Crippen molar-refractivity contribution in [2.75, 3.05) is 46.3 Å². The molecule has 0 radical (unpaired) electrons. The third-order valence-electron chi connectivity index (χ3n) is 8.29. The van der Waals surface area contributed by atoms with Crippen LogP contribution in [0.25, 0.3) is 10.6 Å². The molecule has 0 atom stereocenters. The normalized spacial score (nSPS) is 20.4. The van der Waals surface area contributed by atoms with E-state index in [0.717, 1.165) is 30.0 Å². The van der Waals surface area contributed by atoms with Crippen molar-refractivity contribution in [3.63, 3.8) is 0 Å². The third-order valence-corrected chi connectivity index (χ3v) is 9.25. The highest BCUT2D eigenvalue weighted by Crippen LogP contribution is 2.42. The van der Waals surface area contributed by atoms with Gasteiger partial charge in [0.25, 0.3) is 5.91 Å². The lowest BCUT2D eigenvalue weighted by atomic mass is 9.79. The first kappa shape index (κ1) is 29.6. The van der Waals surface area contributed by atoms with E-state index in [4.69, 9.17) is 0 Å². The van der Waals surface area contributed by atoms with Gasteiger partial charge in [0.2, 0.25) is 11.3 Å². The Hall–Kier alpha value is -3.91. The van der Waals surface area contributed by atoms with Crippen molar-refractivity contribution in [2.24, 2.45) is 5.92 Å². The number of carbonyl (C=O) groups is 2. The molecule has 2 aliphatic rings. The van der Waals surface area contributed by atoms with Crippen LogP contribution in [0.4, 0.5) is 8.78 Å². The van der Waals surface area contributed by atoms with E-state index in [1.54, 1.807) is 19.0 Å². The van der Waals surface area contributed by atoms with Gasteiger partial charge in [0.1, 0.15) is 22.3 Å². The first-order valence-electron chi connectivity index (χ1n) is 13.6. The van der Waals surface area contributed by atoms with Crippen LogP contribution < -0.4 is 15.8 Å². The molecule has 3 aromatic rings. The van der Waals surface area contributed by atoms with E-state index in [2.05, 4.69) is 15.5 Å². The van der Waals surface area contributed by atoms with E-state index in [0.29, 0.717) is 37.2 Å². The highest BCUT2D eigenvalue weighted by molar-refractivity contribution is 7.14. The summed E-state index contributed by atoms with van der Waals surface area (Å²) in [6.07, 6.45) is 3.63. The standard InChI is InChI=1S/C28H33F2N7O4S/c1-34(2)12-11-31-25(40)16-7-9-28(10-8-16)35(3)27(41)22-24(39)23(38)19(15-37(22)36(28)4)26-33-32-21(42-26)13-17-5-6-18(29)14-20(17)30/h5-6,14-16,39H,7-13H2,1-4H3,(H,31,40). The summed E-state index contributed by atoms with van der Waals surface area (Å²) in [6, 6.07) is 3.26. The minimum absolute atomic E-state index is 0.00397. The fourth-order valence-corrected chi connectivity index (χ4v) is 6.62. The van der Waals surface area contributed by atoms with Crippen LogP contribution in [0.1, 0.15) is 46.7 Å². The second-order valence-corrected chi connectivity index (χ2v) is 12.1. The Morgan fingerprint density at radius 1 is 1.19 bits per heavy atom. The molecular weight excluding hydrogens is 568 g/mol. The molecule has 14 heteroatoms. The summed E-state index contributed by atoms with van der Waals surface area (Å²) in [6.45, 7) is 1.29. The van der Waals surface area contributed by atoms with Gasteiger partial charge in [0, 0.05) is 51.8 Å². The zero-order valence-electron chi connectivity index (χ0n) is 23.9. The Balaban J connectivity index is 1.41. The molecule has 1 saturated carbocycles. The molecular formula is C28H33F2N7O4S. The van der Waals surface area contributed by atoms with Crippen LogP contribution in [0, 0.1) is 17.6 Å². The van der Waals surface area contributed by atoms with Crippen LogP contribution in [0.2, 0.25) is 0 Å². The van der Waals surface area contributed by atoms with E-state index < -0.39 is 34.4 Å². The molecule has 5 rings (SSSR count). The first-order chi connectivity index (χ1) is 19.9. The van der Waals surface area contributed by atoms with Gasteiger partial charge in [-0.15, -0.1) is 10.2 Å². The summed E-state index contributed by atoms with van der Waals surface area (Å²) in [4.78, 5) is 43.1. The number of carbonyl (C=O) groups excluding carboxylic acids is 2. The Kier molecular flexibility index (Phi) is 8.03. The lowest BCUT2D eigenvalue weighted by Gasteiger charge is -2.55. The Labute approximate surface area is 245 Å². The molecule has 1 aliphatic carbocycles. The van der Waals surface area contributed by atoms with Crippen LogP contribution in [-0.2, 0) is 11.2 Å². The van der Waals surface area contributed by atoms with Gasteiger partial charge in [-0.05, 0) is 51.4 Å². The van der Waals surface area contributed by atoms with E-state index in [1.807, 2.05) is 24.0 Å². The number of pyridine rings is 1. The molecule has 1 aromatic carbocycles. The number of benzene rings is 1. The number of nitrogens with zero attached hydrogens (tertiary/aromatic N) is 6. The summed E-state index contributed by atoms with van der Waals surface area (Å²) in [5.74, 6) is -2.80. The Morgan fingerprint density at radius 3 is 2.57 bits per heavy atom. The maximum atomic E-state index is 14.2. The molecule has 1 fully saturated rings. The minimum Gasteiger partial charge on any atom is -0.502 e. The van der Waals surface area contributed by atoms with Crippen molar-refractivity contribution in [2.45, 2.75) is 37.8 Å². The fraction of sp³-hybridized carbons (Fsp3) is 0.464. The minimum atomic E-state index is -0.782. The number of amides is 2. The number of hydrogen-bond donors (Lipinski definition) is 2. The third kappa shape index (κ3) is 5.24. The van der Waals surface area contributed by atoms with Crippen LogP contribution >= 0.6 is 11.3 Å². The molecule has 2 aromatic heterocycles. The molecule has 0 bridgehead atoms. The van der Waals surface area contributed by atoms with Crippen molar-refractivity contribution in [3.05, 3.63) is 62.5 Å². The quantitative estimate of drug-likeness (QED) is 0.423. The molecule has 42 heavy (non-hydrogen) atoms. The van der Waals surface area contributed by atoms with Gasteiger partial charge in [0.05, 0.1) is 5.56 Å². The zero-order valence-corrected chi connectivity index (χ0v) is 24.7. The highest BCUT2D eigenvalue weighted by atomic mass is 32.1. The van der Waals surface area contributed by atoms with Crippen molar-refractivity contribution in [1.82, 2.24) is 30.0 Å². The summed E-state index contributed by atoms with van der Waals surface area (Å²) >= 11 is 1.04. The van der Waals surface area contributed by atoms with E-state index in [9.17, 15) is 28.3 Å². The van der Waals surface area contributed by atoms with E-state index >= 15 is 0 Å². The van der Waals surface area contributed by atoms with Crippen molar-refractivity contribution in [1.29, 1.82) is 0 Å². The molecule has 2 N–H and O–H groups in total. The van der Waals surface area contributed by atoms with Crippen LogP contribution in [0.3, 0.4) is 0 Å². The van der Waals surface area contributed by atoms with Crippen molar-refractivity contribution in [3.8, 4) is 16.3 Å². The number of rotatable bonds is 7. The first-order valence-corrected chi connectivity index (χ1v) is 14.4. The van der Waals surface area contributed by atoms with Gasteiger partial charge in [-0.25, -0.2) is 8.78 Å². The van der Waals surface area contributed by atoms with E-state index in [-0.39, 0.29) is 40.1 Å². The number of likely N-dealkylation sites (N-methyl/N-ethyl adjacent to an activating group) is 1. The summed E-state index contributed by atoms with van der Waals surface area (Å²) < 4.78 is 28.9. The average Bonchev–Trinajstić information content (AvgIpc) is 3.42. The van der Waals surface area contributed by atoms with E-state index in [1.165, 1.54) is 16.9 Å². The lowest BCUT2D eigenvalue weighted by Crippen LogP contribution is -2.69. The topological polar surface area (TPSA) is 124 Å². The SMILES string of the molecule is CN(C)CCNC(=O)C1CCC2(CC1)N(C)C(=O)c1c(O)c(=O)c(-c3nnc(Cc4ccc(F)cc4F)s3)cn1N2C. The van der Waals surface area contributed by atoms with Crippen LogP contribution in [0.15, 0.2) is 29.2 Å². The summed E-state index contributed by atoms with van der Waals surface area (Å²) in [5, 5.41) is 24.5. The van der Waals surface area contributed by atoms with Gasteiger partial charge < -0.3 is 20.2 Å². The van der Waals surface area contributed by atoms with Gasteiger partial charge in [-0.3, -0.25) is 24.1 Å². The fourth-order valence-electron chi connectivity index (χ4n) is 5.75. The molecule has 0 unspecified atom stereocenters. The second-order valence-electron chi connectivity index (χ2n) is 11.1. The lowest BCUT2D eigenvalue weighted by molar-refractivity contribution is -0.127. The predicted octanol–water partition coefficient (Wildman–Crippen LogP) is 2.16. The second kappa shape index (κ2) is 11.4. The Bertz CT molecular complexity index is 1580. The molecule has 11 nitrogen and oxygen atoms in total. The number of fused-ring (bicyclic) bond motifs is 1. The van der Waals surface area contributed by atoms with Gasteiger partial charge in [-0.2, -0.15) is 0 Å². The number of hydrogen-bond acceptors (Lipinski definition) is 9. The predicted molar refractivity (Wildman–Crippen MR) is 153 cm³/mol. The largest absolute Gasteiger partial charge is 0.502 e. The monoisotopic (exact) mass is 601 g/mol. The number of aromatic nitrogens is 3.